The SMILES string of the molecule is CC(C)CCCCCCCCCCCCCCC(=O)OC(=O)CC(=O)C(O)OC(=O)CCCCCCCCCCCCCCC(C)C. The van der Waals surface area contributed by atoms with E-state index in [9.17, 15) is 24.3 Å². The van der Waals surface area contributed by atoms with Gasteiger partial charge in [-0.15, -0.1) is 0 Å². The van der Waals surface area contributed by atoms with Gasteiger partial charge in [-0.25, -0.2) is 0 Å². The molecule has 0 spiro atoms. The van der Waals surface area contributed by atoms with Crippen LogP contribution < -0.4 is 0 Å². The first-order chi connectivity index (χ1) is 22.6. The number of aliphatic hydroxyl groups is 1. The molecule has 0 aliphatic carbocycles. The lowest BCUT2D eigenvalue weighted by atomic mass is 10.0. The molecule has 0 aromatic rings. The molecular weight excluding hydrogens is 592 g/mol. The number of rotatable bonds is 34. The molecular formula is C40H74O7. The predicted molar refractivity (Wildman–Crippen MR) is 192 cm³/mol. The number of carbonyl (C=O) groups excluding carboxylic acids is 4. The number of ketones is 1. The third-order valence-electron chi connectivity index (χ3n) is 8.89. The number of Topliss-reactive ketones (excluding diaryl/α,β-unsaturated/α-hetero) is 1. The Morgan fingerprint density at radius 1 is 0.426 bits per heavy atom. The predicted octanol–water partition coefficient (Wildman–Crippen LogP) is 11.1. The van der Waals surface area contributed by atoms with Gasteiger partial charge in [-0.2, -0.15) is 0 Å². The van der Waals surface area contributed by atoms with Gasteiger partial charge in [-0.1, -0.05) is 182 Å². The molecule has 0 aliphatic heterocycles. The maximum absolute atomic E-state index is 12.1. The van der Waals surface area contributed by atoms with E-state index in [2.05, 4.69) is 27.7 Å². The molecule has 0 heterocycles. The van der Waals surface area contributed by atoms with E-state index < -0.39 is 36.4 Å². The zero-order valence-electron chi connectivity index (χ0n) is 31.1. The topological polar surface area (TPSA) is 107 Å². The van der Waals surface area contributed by atoms with Crippen LogP contribution in [0, 0.1) is 11.8 Å². The molecule has 276 valence electrons. The Morgan fingerprint density at radius 2 is 0.723 bits per heavy atom. The molecule has 0 saturated heterocycles. The highest BCUT2D eigenvalue weighted by Gasteiger charge is 2.24. The molecule has 0 aromatic carbocycles. The number of aliphatic hydroxyl groups excluding tert-OH is 1. The summed E-state index contributed by atoms with van der Waals surface area (Å²) in [5.41, 5.74) is 0. The van der Waals surface area contributed by atoms with Crippen LogP contribution in [0.15, 0.2) is 0 Å². The first-order valence-electron chi connectivity index (χ1n) is 19.8. The fraction of sp³-hybridized carbons (Fsp3) is 0.900. The average molecular weight is 667 g/mol. The second-order valence-electron chi connectivity index (χ2n) is 14.7. The Balaban J connectivity index is 3.63. The van der Waals surface area contributed by atoms with Crippen molar-refractivity contribution in [1.82, 2.24) is 0 Å². The highest BCUT2D eigenvalue weighted by molar-refractivity contribution is 6.00. The van der Waals surface area contributed by atoms with Crippen LogP contribution in [0.1, 0.15) is 214 Å². The summed E-state index contributed by atoms with van der Waals surface area (Å²) in [5.74, 6) is -1.73. The van der Waals surface area contributed by atoms with Gasteiger partial charge in [0.05, 0.1) is 0 Å². The van der Waals surface area contributed by atoms with Crippen LogP contribution >= 0.6 is 0 Å². The standard InChI is InChI=1S/C40H74O7/c1-34(2)29-25-21-17-13-9-5-7-11-15-19-23-27-31-37(42)46-39(44)33-36(41)40(45)47-38(43)32-28-24-20-16-12-8-6-10-14-18-22-26-30-35(3)4/h34-35,40,45H,5-33H2,1-4H3. The van der Waals surface area contributed by atoms with E-state index in [-0.39, 0.29) is 12.8 Å². The lowest BCUT2D eigenvalue weighted by Crippen LogP contribution is -2.29. The van der Waals surface area contributed by atoms with Crippen LogP contribution in [0.4, 0.5) is 0 Å². The minimum Gasteiger partial charge on any atom is -0.428 e. The third kappa shape index (κ3) is 33.9. The zero-order chi connectivity index (χ0) is 35.0. The largest absolute Gasteiger partial charge is 0.428 e. The van der Waals surface area contributed by atoms with Crippen LogP contribution in [-0.4, -0.2) is 35.1 Å². The molecule has 0 saturated carbocycles. The number of esters is 3. The van der Waals surface area contributed by atoms with Crippen LogP contribution in [0.5, 0.6) is 0 Å². The van der Waals surface area contributed by atoms with Crippen molar-refractivity contribution in [3.8, 4) is 0 Å². The maximum atomic E-state index is 12.1. The second kappa shape index (κ2) is 32.8. The fourth-order valence-electron chi connectivity index (χ4n) is 5.87. The van der Waals surface area contributed by atoms with Gasteiger partial charge in [0.1, 0.15) is 6.42 Å². The normalized spacial score (nSPS) is 12.1. The Labute approximate surface area is 289 Å². The summed E-state index contributed by atoms with van der Waals surface area (Å²) in [5, 5.41) is 9.86. The first-order valence-corrected chi connectivity index (χ1v) is 19.8. The Bertz CT molecular complexity index is 777. The van der Waals surface area contributed by atoms with E-state index in [4.69, 9.17) is 9.47 Å². The second-order valence-corrected chi connectivity index (χ2v) is 14.7. The molecule has 0 aromatic heterocycles. The van der Waals surface area contributed by atoms with Crippen molar-refractivity contribution in [3.05, 3.63) is 0 Å². The molecule has 0 rings (SSSR count). The molecule has 1 N–H and O–H groups in total. The number of unbranched alkanes of at least 4 members (excludes halogenated alkanes) is 22. The van der Waals surface area contributed by atoms with Gasteiger partial charge < -0.3 is 14.6 Å². The molecule has 1 atom stereocenters. The number of ether oxygens (including phenoxy) is 2. The number of hydrogen-bond donors (Lipinski definition) is 1. The molecule has 1 unspecified atom stereocenters. The van der Waals surface area contributed by atoms with Gasteiger partial charge in [0, 0.05) is 12.8 Å². The van der Waals surface area contributed by atoms with Gasteiger partial charge in [0.15, 0.2) is 0 Å². The average Bonchev–Trinajstić information content (AvgIpc) is 3.00. The van der Waals surface area contributed by atoms with E-state index in [1.54, 1.807) is 0 Å². The molecule has 0 radical (unpaired) electrons. The summed E-state index contributed by atoms with van der Waals surface area (Å²) in [6, 6.07) is 0. The van der Waals surface area contributed by atoms with E-state index in [0.29, 0.717) is 12.8 Å². The highest BCUT2D eigenvalue weighted by atomic mass is 16.6. The van der Waals surface area contributed by atoms with Gasteiger partial charge in [-0.3, -0.25) is 19.2 Å². The summed E-state index contributed by atoms with van der Waals surface area (Å²) in [4.78, 5) is 47.9. The van der Waals surface area contributed by atoms with Crippen molar-refractivity contribution >= 4 is 23.7 Å². The van der Waals surface area contributed by atoms with E-state index in [0.717, 1.165) is 50.4 Å². The smallest absolute Gasteiger partial charge is 0.321 e. The Hall–Kier alpha value is -1.76. The minimum absolute atomic E-state index is 0.114. The van der Waals surface area contributed by atoms with Crippen molar-refractivity contribution in [2.75, 3.05) is 0 Å². The monoisotopic (exact) mass is 667 g/mol. The lowest BCUT2D eigenvalue weighted by molar-refractivity contribution is -0.178. The van der Waals surface area contributed by atoms with Crippen LogP contribution in [0.2, 0.25) is 0 Å². The molecule has 7 nitrogen and oxygen atoms in total. The van der Waals surface area contributed by atoms with E-state index >= 15 is 0 Å². The molecule has 0 bridgehead atoms. The summed E-state index contributed by atoms with van der Waals surface area (Å²) in [7, 11) is 0. The van der Waals surface area contributed by atoms with Crippen molar-refractivity contribution in [2.45, 2.75) is 220 Å². The first kappa shape index (κ1) is 45.2. The van der Waals surface area contributed by atoms with Crippen molar-refractivity contribution < 1.29 is 33.8 Å². The highest BCUT2D eigenvalue weighted by Crippen LogP contribution is 2.16. The Kier molecular flexibility index (Phi) is 31.5. The molecule has 0 aliphatic rings. The summed E-state index contributed by atoms with van der Waals surface area (Å²) >= 11 is 0. The van der Waals surface area contributed by atoms with Crippen LogP contribution in [-0.2, 0) is 28.7 Å². The van der Waals surface area contributed by atoms with Gasteiger partial charge >= 0.3 is 17.9 Å². The van der Waals surface area contributed by atoms with Crippen molar-refractivity contribution in [1.29, 1.82) is 0 Å². The lowest BCUT2D eigenvalue weighted by Gasteiger charge is -2.11. The van der Waals surface area contributed by atoms with Gasteiger partial charge in [0.2, 0.25) is 5.78 Å². The Morgan fingerprint density at radius 3 is 1.06 bits per heavy atom. The number of hydrogen-bond acceptors (Lipinski definition) is 7. The van der Waals surface area contributed by atoms with Gasteiger partial charge in [0.25, 0.3) is 6.29 Å². The third-order valence-corrected chi connectivity index (χ3v) is 8.89. The molecule has 7 heteroatoms. The summed E-state index contributed by atoms with van der Waals surface area (Å²) in [6.07, 6.45) is 28.5. The van der Waals surface area contributed by atoms with Gasteiger partial charge in [-0.05, 0) is 24.7 Å². The molecule has 0 fully saturated rings. The number of carbonyl (C=O) groups is 4. The molecule has 0 amide bonds. The van der Waals surface area contributed by atoms with Crippen LogP contribution in [0.3, 0.4) is 0 Å². The van der Waals surface area contributed by atoms with Crippen LogP contribution in [0.25, 0.3) is 0 Å². The molecule has 47 heavy (non-hydrogen) atoms. The van der Waals surface area contributed by atoms with E-state index in [1.165, 1.54) is 116 Å². The summed E-state index contributed by atoms with van der Waals surface area (Å²) < 4.78 is 9.48. The minimum atomic E-state index is -2.02. The fourth-order valence-corrected chi connectivity index (χ4v) is 5.87. The van der Waals surface area contributed by atoms with Crippen molar-refractivity contribution in [3.63, 3.8) is 0 Å². The zero-order valence-corrected chi connectivity index (χ0v) is 31.1. The summed E-state index contributed by atoms with van der Waals surface area (Å²) in [6.45, 7) is 9.15. The maximum Gasteiger partial charge on any atom is 0.321 e. The quantitative estimate of drug-likeness (QED) is 0.0315. The van der Waals surface area contributed by atoms with Crippen molar-refractivity contribution in [2.24, 2.45) is 11.8 Å². The van der Waals surface area contributed by atoms with E-state index in [1.807, 2.05) is 0 Å².